The SMILES string of the molecule is COC1=CC(=O)N(C(CC2CCCC2)C(=O)Nc2ccn(CCNC(=O)O)n2)C1. The summed E-state index contributed by atoms with van der Waals surface area (Å²) in [6.07, 6.45) is 7.07. The normalized spacial score (nSPS) is 17.9. The van der Waals surface area contributed by atoms with Gasteiger partial charge in [0.05, 0.1) is 20.2 Å². The Morgan fingerprint density at radius 1 is 1.38 bits per heavy atom. The molecule has 1 aromatic heterocycles. The molecule has 2 aliphatic rings. The van der Waals surface area contributed by atoms with Crippen molar-refractivity contribution >= 4 is 23.7 Å². The van der Waals surface area contributed by atoms with E-state index in [1.807, 2.05) is 0 Å². The first kappa shape index (κ1) is 20.7. The number of amides is 3. The molecule has 1 aromatic rings. The smallest absolute Gasteiger partial charge is 0.404 e. The van der Waals surface area contributed by atoms with E-state index in [0.29, 0.717) is 30.5 Å². The van der Waals surface area contributed by atoms with Gasteiger partial charge in [0.25, 0.3) is 5.91 Å². The van der Waals surface area contributed by atoms with Crippen LogP contribution in [0.1, 0.15) is 32.1 Å². The third-order valence-electron chi connectivity index (χ3n) is 5.38. The molecule has 10 heteroatoms. The van der Waals surface area contributed by atoms with Crippen LogP contribution >= 0.6 is 0 Å². The second kappa shape index (κ2) is 9.44. The summed E-state index contributed by atoms with van der Waals surface area (Å²) >= 11 is 0. The molecule has 0 bridgehead atoms. The monoisotopic (exact) mass is 405 g/mol. The Morgan fingerprint density at radius 2 is 2.14 bits per heavy atom. The number of ether oxygens (including phenoxy) is 1. The summed E-state index contributed by atoms with van der Waals surface area (Å²) in [5.74, 6) is 0.850. The van der Waals surface area contributed by atoms with E-state index in [0.717, 1.165) is 25.7 Å². The minimum atomic E-state index is -1.10. The number of nitrogens with zero attached hydrogens (tertiary/aromatic N) is 3. The van der Waals surface area contributed by atoms with Gasteiger partial charge >= 0.3 is 6.09 Å². The molecule has 1 aliphatic heterocycles. The number of rotatable bonds is 9. The lowest BCUT2D eigenvalue weighted by atomic mass is 9.97. The Kier molecular flexibility index (Phi) is 6.73. The van der Waals surface area contributed by atoms with Crippen LogP contribution in [0.25, 0.3) is 0 Å². The van der Waals surface area contributed by atoms with Gasteiger partial charge in [-0.05, 0) is 12.3 Å². The largest absolute Gasteiger partial charge is 0.499 e. The standard InChI is InChI=1S/C19H27N5O5/c1-29-14-11-17(25)24(12-14)15(10-13-4-2-3-5-13)18(26)21-16-6-8-23(22-16)9-7-20-19(27)28/h6,8,11,13,15,20H,2-5,7,9-10,12H2,1H3,(H,27,28)(H,21,22,26). The molecule has 1 unspecified atom stereocenters. The van der Waals surface area contributed by atoms with Gasteiger partial charge in [-0.3, -0.25) is 14.3 Å². The van der Waals surface area contributed by atoms with Crippen molar-refractivity contribution < 1.29 is 24.2 Å². The lowest BCUT2D eigenvalue weighted by Crippen LogP contribution is -2.46. The maximum Gasteiger partial charge on any atom is 0.404 e. The molecule has 0 radical (unpaired) electrons. The molecule has 1 fully saturated rings. The number of aromatic nitrogens is 2. The summed E-state index contributed by atoms with van der Waals surface area (Å²) in [6.45, 7) is 0.845. The van der Waals surface area contributed by atoms with E-state index in [2.05, 4.69) is 15.7 Å². The third-order valence-corrected chi connectivity index (χ3v) is 5.38. The zero-order chi connectivity index (χ0) is 20.8. The van der Waals surface area contributed by atoms with Crippen molar-refractivity contribution in [3.05, 3.63) is 24.1 Å². The van der Waals surface area contributed by atoms with Gasteiger partial charge in [0.1, 0.15) is 11.8 Å². The van der Waals surface area contributed by atoms with Crippen LogP contribution in [0, 0.1) is 5.92 Å². The van der Waals surface area contributed by atoms with Crippen LogP contribution in [-0.4, -0.2) is 63.9 Å². The third kappa shape index (κ3) is 5.49. The average Bonchev–Trinajstić information content (AvgIpc) is 3.41. The molecule has 1 saturated carbocycles. The highest BCUT2D eigenvalue weighted by atomic mass is 16.5. The minimum absolute atomic E-state index is 0.211. The van der Waals surface area contributed by atoms with Crippen LogP contribution in [-0.2, 0) is 20.9 Å². The predicted molar refractivity (Wildman–Crippen MR) is 104 cm³/mol. The number of carboxylic acid groups (broad SMARTS) is 1. The molecule has 10 nitrogen and oxygen atoms in total. The van der Waals surface area contributed by atoms with Crippen LogP contribution in [0.15, 0.2) is 24.1 Å². The first-order valence-corrected chi connectivity index (χ1v) is 9.82. The zero-order valence-electron chi connectivity index (χ0n) is 16.5. The van der Waals surface area contributed by atoms with Crippen molar-refractivity contribution in [1.82, 2.24) is 20.0 Å². The van der Waals surface area contributed by atoms with E-state index in [1.54, 1.807) is 21.8 Å². The summed E-state index contributed by atoms with van der Waals surface area (Å²) in [4.78, 5) is 37.5. The van der Waals surface area contributed by atoms with Crippen LogP contribution < -0.4 is 10.6 Å². The summed E-state index contributed by atoms with van der Waals surface area (Å²) in [5.41, 5.74) is 0. The van der Waals surface area contributed by atoms with Gasteiger partial charge in [-0.25, -0.2) is 4.79 Å². The maximum atomic E-state index is 13.0. The predicted octanol–water partition coefficient (Wildman–Crippen LogP) is 1.41. The van der Waals surface area contributed by atoms with Crippen molar-refractivity contribution in [2.75, 3.05) is 25.5 Å². The second-order valence-electron chi connectivity index (χ2n) is 7.37. The molecular formula is C19H27N5O5. The van der Waals surface area contributed by atoms with E-state index >= 15 is 0 Å². The molecule has 1 aliphatic carbocycles. The molecule has 29 heavy (non-hydrogen) atoms. The molecular weight excluding hydrogens is 378 g/mol. The highest BCUT2D eigenvalue weighted by molar-refractivity contribution is 5.99. The van der Waals surface area contributed by atoms with Gasteiger partial charge in [-0.1, -0.05) is 25.7 Å². The number of hydrogen-bond acceptors (Lipinski definition) is 5. The van der Waals surface area contributed by atoms with E-state index in [9.17, 15) is 14.4 Å². The number of carbonyl (C=O) groups excluding carboxylic acids is 2. The average molecular weight is 405 g/mol. The van der Waals surface area contributed by atoms with Crippen molar-refractivity contribution in [2.24, 2.45) is 5.92 Å². The molecule has 1 atom stereocenters. The first-order chi connectivity index (χ1) is 14.0. The maximum absolute atomic E-state index is 13.0. The fourth-order valence-corrected chi connectivity index (χ4v) is 3.88. The lowest BCUT2D eigenvalue weighted by Gasteiger charge is -2.28. The van der Waals surface area contributed by atoms with Crippen molar-refractivity contribution in [3.63, 3.8) is 0 Å². The summed E-state index contributed by atoms with van der Waals surface area (Å²) in [6, 6.07) is 1.06. The number of nitrogens with one attached hydrogen (secondary N) is 2. The van der Waals surface area contributed by atoms with Crippen molar-refractivity contribution in [3.8, 4) is 0 Å². The number of hydrogen-bond donors (Lipinski definition) is 3. The second-order valence-corrected chi connectivity index (χ2v) is 7.37. The first-order valence-electron chi connectivity index (χ1n) is 9.82. The fraction of sp³-hybridized carbons (Fsp3) is 0.579. The molecule has 0 spiro atoms. The molecule has 158 valence electrons. The molecule has 3 rings (SSSR count). The van der Waals surface area contributed by atoms with Crippen LogP contribution in [0.3, 0.4) is 0 Å². The summed E-state index contributed by atoms with van der Waals surface area (Å²) < 4.78 is 6.74. The Labute approximate surface area is 168 Å². The van der Waals surface area contributed by atoms with Gasteiger partial charge < -0.3 is 25.4 Å². The van der Waals surface area contributed by atoms with E-state index in [1.165, 1.54) is 13.2 Å². The molecule has 3 amide bonds. The molecule has 0 saturated heterocycles. The van der Waals surface area contributed by atoms with E-state index in [-0.39, 0.29) is 24.9 Å². The van der Waals surface area contributed by atoms with Crippen LogP contribution in [0.5, 0.6) is 0 Å². The molecule has 0 aromatic carbocycles. The quantitative estimate of drug-likeness (QED) is 0.570. The Hall–Kier alpha value is -3.04. The zero-order valence-corrected chi connectivity index (χ0v) is 16.5. The van der Waals surface area contributed by atoms with Crippen molar-refractivity contribution in [1.29, 1.82) is 0 Å². The number of methoxy groups -OCH3 is 1. The Morgan fingerprint density at radius 3 is 2.79 bits per heavy atom. The Balaban J connectivity index is 1.64. The van der Waals surface area contributed by atoms with Crippen LogP contribution in [0.2, 0.25) is 0 Å². The molecule has 3 N–H and O–H groups in total. The van der Waals surface area contributed by atoms with E-state index < -0.39 is 12.1 Å². The highest BCUT2D eigenvalue weighted by Gasteiger charge is 2.36. The molecule has 2 heterocycles. The van der Waals surface area contributed by atoms with E-state index in [4.69, 9.17) is 9.84 Å². The summed E-state index contributed by atoms with van der Waals surface area (Å²) in [7, 11) is 1.51. The van der Waals surface area contributed by atoms with Gasteiger partial charge in [-0.2, -0.15) is 5.10 Å². The highest BCUT2D eigenvalue weighted by Crippen LogP contribution is 2.31. The number of anilines is 1. The van der Waals surface area contributed by atoms with Gasteiger partial charge in [0.2, 0.25) is 5.91 Å². The topological polar surface area (TPSA) is 126 Å². The van der Waals surface area contributed by atoms with Crippen molar-refractivity contribution in [2.45, 2.75) is 44.7 Å². The van der Waals surface area contributed by atoms with Crippen LogP contribution in [0.4, 0.5) is 10.6 Å². The van der Waals surface area contributed by atoms with Gasteiger partial charge in [0.15, 0.2) is 5.82 Å². The lowest BCUT2D eigenvalue weighted by molar-refractivity contribution is -0.134. The number of carbonyl (C=O) groups is 3. The Bertz CT molecular complexity index is 784. The fourth-order valence-electron chi connectivity index (χ4n) is 3.88. The van der Waals surface area contributed by atoms with Gasteiger partial charge in [0, 0.05) is 24.9 Å². The summed E-state index contributed by atoms with van der Waals surface area (Å²) in [5, 5.41) is 17.9. The van der Waals surface area contributed by atoms with Gasteiger partial charge in [-0.15, -0.1) is 0 Å². The minimum Gasteiger partial charge on any atom is -0.499 e.